The summed E-state index contributed by atoms with van der Waals surface area (Å²) >= 11 is 1.65. The highest BCUT2D eigenvalue weighted by Crippen LogP contribution is 2.40. The molecule has 0 atom stereocenters. The van der Waals surface area contributed by atoms with E-state index >= 15 is 0 Å². The SMILES string of the molecule is CC(=O)N1CCN(C(=O)CCNc2ncnc3sc(C)c(-c4ccccc4)c23)CC1. The highest BCUT2D eigenvalue weighted by molar-refractivity contribution is 7.19. The average molecular weight is 424 g/mol. The molecule has 3 aromatic rings. The van der Waals surface area contributed by atoms with Crippen LogP contribution in [0.25, 0.3) is 21.3 Å². The van der Waals surface area contributed by atoms with E-state index < -0.39 is 0 Å². The van der Waals surface area contributed by atoms with Crippen molar-refractivity contribution < 1.29 is 9.59 Å². The molecule has 2 aromatic heterocycles. The van der Waals surface area contributed by atoms with E-state index in [1.54, 1.807) is 29.5 Å². The van der Waals surface area contributed by atoms with Gasteiger partial charge < -0.3 is 15.1 Å². The number of fused-ring (bicyclic) bond motifs is 1. The Kier molecular flexibility index (Phi) is 5.94. The second-order valence-corrected chi connectivity index (χ2v) is 8.57. The lowest BCUT2D eigenvalue weighted by Crippen LogP contribution is -2.50. The van der Waals surface area contributed by atoms with E-state index in [-0.39, 0.29) is 11.8 Å². The number of amides is 2. The molecule has 1 aromatic carbocycles. The minimum absolute atomic E-state index is 0.0665. The second kappa shape index (κ2) is 8.79. The lowest BCUT2D eigenvalue weighted by atomic mass is 10.0. The highest BCUT2D eigenvalue weighted by atomic mass is 32.1. The minimum atomic E-state index is 0.0665. The van der Waals surface area contributed by atoms with Crippen molar-refractivity contribution in [3.05, 3.63) is 41.5 Å². The number of rotatable bonds is 5. The molecular weight excluding hydrogens is 398 g/mol. The Labute approximate surface area is 179 Å². The van der Waals surface area contributed by atoms with Crippen molar-refractivity contribution in [3.63, 3.8) is 0 Å². The number of hydrogen-bond donors (Lipinski definition) is 1. The smallest absolute Gasteiger partial charge is 0.224 e. The normalized spacial score (nSPS) is 14.2. The Balaban J connectivity index is 1.45. The molecule has 0 aliphatic carbocycles. The van der Waals surface area contributed by atoms with Crippen LogP contribution in [0.1, 0.15) is 18.2 Å². The van der Waals surface area contributed by atoms with Crippen molar-refractivity contribution in [2.75, 3.05) is 38.0 Å². The fourth-order valence-corrected chi connectivity index (χ4v) is 4.86. The van der Waals surface area contributed by atoms with Crippen LogP contribution in [-0.4, -0.2) is 64.3 Å². The van der Waals surface area contributed by atoms with Gasteiger partial charge in [0.25, 0.3) is 0 Å². The molecule has 0 spiro atoms. The number of nitrogens with zero attached hydrogens (tertiary/aromatic N) is 4. The van der Waals surface area contributed by atoms with E-state index in [4.69, 9.17) is 0 Å². The lowest BCUT2D eigenvalue weighted by molar-refractivity contribution is -0.138. The van der Waals surface area contributed by atoms with E-state index in [0.29, 0.717) is 39.1 Å². The molecule has 0 unspecified atom stereocenters. The molecule has 156 valence electrons. The summed E-state index contributed by atoms with van der Waals surface area (Å²) in [4.78, 5) is 38.7. The Morgan fingerprint density at radius 2 is 1.77 bits per heavy atom. The average Bonchev–Trinajstić information content (AvgIpc) is 3.11. The predicted octanol–water partition coefficient (Wildman–Crippen LogP) is 3.16. The zero-order chi connectivity index (χ0) is 21.1. The number of benzene rings is 1. The third-order valence-corrected chi connectivity index (χ3v) is 6.45. The van der Waals surface area contributed by atoms with Gasteiger partial charge in [0.15, 0.2) is 0 Å². The fraction of sp³-hybridized carbons (Fsp3) is 0.364. The molecule has 2 amide bonds. The number of nitrogens with one attached hydrogen (secondary N) is 1. The van der Waals surface area contributed by atoms with Crippen LogP contribution in [0.3, 0.4) is 0 Å². The fourth-order valence-electron chi connectivity index (χ4n) is 3.85. The number of carbonyl (C=O) groups is 2. The van der Waals surface area contributed by atoms with Crippen LogP contribution in [0.5, 0.6) is 0 Å². The van der Waals surface area contributed by atoms with Crippen LogP contribution >= 0.6 is 11.3 Å². The molecule has 0 radical (unpaired) electrons. The zero-order valence-corrected chi connectivity index (χ0v) is 18.0. The quantitative estimate of drug-likeness (QED) is 0.682. The van der Waals surface area contributed by atoms with Crippen LogP contribution < -0.4 is 5.32 Å². The summed E-state index contributed by atoms with van der Waals surface area (Å²) < 4.78 is 0. The van der Waals surface area contributed by atoms with Gasteiger partial charge in [0.1, 0.15) is 17.0 Å². The molecule has 3 heterocycles. The van der Waals surface area contributed by atoms with E-state index in [9.17, 15) is 9.59 Å². The number of thiophene rings is 1. The lowest BCUT2D eigenvalue weighted by Gasteiger charge is -2.34. The molecule has 1 aliphatic rings. The van der Waals surface area contributed by atoms with Crippen LogP contribution in [-0.2, 0) is 9.59 Å². The Hall–Kier alpha value is -3.00. The number of aromatic nitrogens is 2. The van der Waals surface area contributed by atoms with Gasteiger partial charge in [0.2, 0.25) is 11.8 Å². The van der Waals surface area contributed by atoms with Gasteiger partial charge in [-0.15, -0.1) is 11.3 Å². The molecule has 7 nitrogen and oxygen atoms in total. The molecule has 1 N–H and O–H groups in total. The first-order chi connectivity index (χ1) is 14.5. The molecule has 0 saturated carbocycles. The Morgan fingerprint density at radius 1 is 1.07 bits per heavy atom. The van der Waals surface area contributed by atoms with Crippen molar-refractivity contribution in [2.45, 2.75) is 20.3 Å². The third-order valence-electron chi connectivity index (χ3n) is 5.44. The monoisotopic (exact) mass is 423 g/mol. The van der Waals surface area contributed by atoms with Crippen molar-refractivity contribution in [1.82, 2.24) is 19.8 Å². The third kappa shape index (κ3) is 4.14. The number of piperazine rings is 1. The minimum Gasteiger partial charge on any atom is -0.369 e. The summed E-state index contributed by atoms with van der Waals surface area (Å²) in [5.41, 5.74) is 2.28. The first-order valence-corrected chi connectivity index (χ1v) is 10.9. The molecular formula is C22H25N5O2S. The highest BCUT2D eigenvalue weighted by Gasteiger charge is 2.22. The number of aryl methyl sites for hydroxylation is 1. The Bertz CT molecular complexity index is 1060. The van der Waals surface area contributed by atoms with E-state index in [2.05, 4.69) is 34.3 Å². The van der Waals surface area contributed by atoms with Crippen molar-refractivity contribution in [3.8, 4) is 11.1 Å². The number of hydrogen-bond acceptors (Lipinski definition) is 6. The van der Waals surface area contributed by atoms with Crippen molar-refractivity contribution in [1.29, 1.82) is 0 Å². The van der Waals surface area contributed by atoms with Gasteiger partial charge in [0.05, 0.1) is 5.39 Å². The van der Waals surface area contributed by atoms with E-state index in [0.717, 1.165) is 27.2 Å². The predicted molar refractivity (Wildman–Crippen MR) is 120 cm³/mol. The van der Waals surface area contributed by atoms with Crippen molar-refractivity contribution >= 4 is 39.2 Å². The molecule has 1 aliphatic heterocycles. The summed E-state index contributed by atoms with van der Waals surface area (Å²) in [6.45, 7) is 6.57. The molecule has 30 heavy (non-hydrogen) atoms. The van der Waals surface area contributed by atoms with Crippen LogP contribution in [0, 0.1) is 6.92 Å². The first-order valence-electron chi connectivity index (χ1n) is 10.1. The molecule has 0 bridgehead atoms. The summed E-state index contributed by atoms with van der Waals surface area (Å²) in [6, 6.07) is 10.2. The second-order valence-electron chi connectivity index (χ2n) is 7.37. The maximum Gasteiger partial charge on any atom is 0.224 e. The molecule has 8 heteroatoms. The molecule has 4 rings (SSSR count). The largest absolute Gasteiger partial charge is 0.369 e. The van der Waals surface area contributed by atoms with Gasteiger partial charge in [-0.05, 0) is 12.5 Å². The first kappa shape index (κ1) is 20.3. The van der Waals surface area contributed by atoms with Gasteiger partial charge in [0, 0.05) is 56.5 Å². The standard InChI is InChI=1S/C22H25N5O2S/c1-15-19(17-6-4-3-5-7-17)20-21(24-14-25-22(20)30-15)23-9-8-18(29)27-12-10-26(11-13-27)16(2)28/h3-7,14H,8-13H2,1-2H3,(H,23,24,25). The molecule has 1 saturated heterocycles. The Morgan fingerprint density at radius 3 is 2.47 bits per heavy atom. The molecule has 1 fully saturated rings. The topological polar surface area (TPSA) is 78.4 Å². The van der Waals surface area contributed by atoms with E-state index in [1.807, 2.05) is 23.1 Å². The van der Waals surface area contributed by atoms with Crippen LogP contribution in [0.15, 0.2) is 36.7 Å². The van der Waals surface area contributed by atoms with Gasteiger partial charge >= 0.3 is 0 Å². The number of anilines is 1. The summed E-state index contributed by atoms with van der Waals surface area (Å²) in [5, 5.41) is 4.36. The maximum atomic E-state index is 12.6. The summed E-state index contributed by atoms with van der Waals surface area (Å²) in [5.74, 6) is 0.926. The number of carbonyl (C=O) groups excluding carboxylic acids is 2. The van der Waals surface area contributed by atoms with Gasteiger partial charge in [-0.1, -0.05) is 30.3 Å². The van der Waals surface area contributed by atoms with Crippen molar-refractivity contribution in [2.24, 2.45) is 0 Å². The summed E-state index contributed by atoms with van der Waals surface area (Å²) in [6.07, 6.45) is 1.95. The van der Waals surface area contributed by atoms with Gasteiger partial charge in [-0.2, -0.15) is 0 Å². The summed E-state index contributed by atoms with van der Waals surface area (Å²) in [7, 11) is 0. The van der Waals surface area contributed by atoms with E-state index in [1.165, 1.54) is 4.88 Å². The van der Waals surface area contributed by atoms with Crippen LogP contribution in [0.4, 0.5) is 5.82 Å². The van der Waals surface area contributed by atoms with Crippen LogP contribution in [0.2, 0.25) is 0 Å². The van der Waals surface area contributed by atoms with Gasteiger partial charge in [-0.3, -0.25) is 9.59 Å². The van der Waals surface area contributed by atoms with Gasteiger partial charge in [-0.25, -0.2) is 9.97 Å². The zero-order valence-electron chi connectivity index (χ0n) is 17.2. The maximum absolute atomic E-state index is 12.6.